The van der Waals surface area contributed by atoms with Crippen molar-refractivity contribution in [3.05, 3.63) is 60.2 Å². The Bertz CT molecular complexity index is 1040. The highest BCUT2D eigenvalue weighted by Gasteiger charge is 2.71. The lowest BCUT2D eigenvalue weighted by Crippen LogP contribution is -2.56. The van der Waals surface area contributed by atoms with Crippen molar-refractivity contribution in [2.45, 2.75) is 44.2 Å². The van der Waals surface area contributed by atoms with Crippen molar-refractivity contribution in [2.75, 3.05) is 26.2 Å². The van der Waals surface area contributed by atoms with E-state index in [1.54, 1.807) is 9.80 Å². The van der Waals surface area contributed by atoms with E-state index in [9.17, 15) is 19.5 Å². The second kappa shape index (κ2) is 8.67. The molecule has 3 amide bonds. The fourth-order valence-corrected chi connectivity index (χ4v) is 5.96. The average molecular weight is 466 g/mol. The zero-order valence-electron chi connectivity index (χ0n) is 19.5. The molecule has 180 valence electrons. The van der Waals surface area contributed by atoms with E-state index in [1.165, 1.54) is 4.90 Å². The Kier molecular flexibility index (Phi) is 5.81. The molecule has 0 aromatic heterocycles. The Morgan fingerprint density at radius 3 is 2.53 bits per heavy atom. The number of aliphatic hydroxyl groups excluding tert-OH is 1. The molecule has 4 heterocycles. The van der Waals surface area contributed by atoms with E-state index < -0.39 is 29.6 Å². The Hall–Kier alpha value is -2.97. The molecule has 1 spiro atoms. The highest BCUT2D eigenvalue weighted by Crippen LogP contribution is 2.53. The molecule has 0 saturated carbocycles. The first-order chi connectivity index (χ1) is 16.4. The predicted molar refractivity (Wildman–Crippen MR) is 124 cm³/mol. The summed E-state index contributed by atoms with van der Waals surface area (Å²) in [5.74, 6) is -2.22. The molecule has 4 aliphatic heterocycles. The van der Waals surface area contributed by atoms with Crippen LogP contribution in [0.25, 0.3) is 0 Å². The molecular formula is C26H31N3O5. The van der Waals surface area contributed by atoms with Crippen LogP contribution in [0, 0.1) is 11.8 Å². The third kappa shape index (κ3) is 3.39. The summed E-state index contributed by atoms with van der Waals surface area (Å²) in [7, 11) is 0. The van der Waals surface area contributed by atoms with Crippen molar-refractivity contribution in [3.63, 3.8) is 0 Å². The van der Waals surface area contributed by atoms with Gasteiger partial charge in [0.2, 0.25) is 17.7 Å². The molecule has 4 aliphatic rings. The summed E-state index contributed by atoms with van der Waals surface area (Å²) in [5, 5.41) is 9.70. The molecule has 1 N–H and O–H groups in total. The molecule has 8 nitrogen and oxygen atoms in total. The number of β-amino-alcohol motifs (C(OH)–C–C–N with tert-alkyl or cyclic N) is 1. The molecule has 1 aromatic rings. The lowest BCUT2D eigenvalue weighted by Gasteiger charge is -2.36. The van der Waals surface area contributed by atoms with Gasteiger partial charge in [-0.3, -0.25) is 14.4 Å². The first-order valence-corrected chi connectivity index (χ1v) is 12.0. The van der Waals surface area contributed by atoms with Gasteiger partial charge in [0, 0.05) is 32.2 Å². The zero-order chi connectivity index (χ0) is 24.0. The molecule has 0 radical (unpaired) electrons. The van der Waals surface area contributed by atoms with Gasteiger partial charge >= 0.3 is 0 Å². The quantitative estimate of drug-likeness (QED) is 0.655. The van der Waals surface area contributed by atoms with E-state index in [0.717, 1.165) is 5.56 Å². The van der Waals surface area contributed by atoms with Crippen LogP contribution in [0.2, 0.25) is 0 Å². The first-order valence-electron chi connectivity index (χ1n) is 12.0. The highest BCUT2D eigenvalue weighted by molar-refractivity contribution is 5.99. The number of benzene rings is 1. The maximum absolute atomic E-state index is 13.9. The molecule has 34 heavy (non-hydrogen) atoms. The summed E-state index contributed by atoms with van der Waals surface area (Å²) in [6.07, 6.45) is 6.89. The summed E-state index contributed by atoms with van der Waals surface area (Å²) < 4.78 is 6.54. The number of fused-ring (bicyclic) bond motifs is 2. The topological polar surface area (TPSA) is 90.4 Å². The molecule has 2 fully saturated rings. The fraction of sp³-hybridized carbons (Fsp3) is 0.500. The second-order valence-electron chi connectivity index (χ2n) is 9.72. The number of nitrogens with zero attached hydrogens (tertiary/aromatic N) is 3. The number of carbonyl (C=O) groups is 3. The van der Waals surface area contributed by atoms with E-state index in [2.05, 4.69) is 0 Å². The van der Waals surface area contributed by atoms with Gasteiger partial charge in [0.1, 0.15) is 11.6 Å². The van der Waals surface area contributed by atoms with E-state index in [0.29, 0.717) is 19.6 Å². The maximum Gasteiger partial charge on any atom is 0.249 e. The molecular weight excluding hydrogens is 434 g/mol. The van der Waals surface area contributed by atoms with Crippen LogP contribution in [0.4, 0.5) is 0 Å². The summed E-state index contributed by atoms with van der Waals surface area (Å²) in [5.41, 5.74) is -0.232. The van der Waals surface area contributed by atoms with Crippen molar-refractivity contribution < 1.29 is 24.2 Å². The molecule has 5 atom stereocenters. The number of hydrogen-bond acceptors (Lipinski definition) is 5. The number of carbonyl (C=O) groups excluding carboxylic acids is 3. The van der Waals surface area contributed by atoms with Gasteiger partial charge in [0.15, 0.2) is 0 Å². The van der Waals surface area contributed by atoms with Crippen molar-refractivity contribution in [3.8, 4) is 0 Å². The molecule has 8 heteroatoms. The van der Waals surface area contributed by atoms with Gasteiger partial charge in [0.25, 0.3) is 0 Å². The SMILES string of the molecule is CC(C)N1CC=C[C@]23O[C@H]4C=CCN(Cc5ccccc5)C(=O)[C@H]4[C@H]2C(=O)N(CCO)C3C1=O. The van der Waals surface area contributed by atoms with Crippen molar-refractivity contribution in [2.24, 2.45) is 11.8 Å². The molecule has 0 bridgehead atoms. The smallest absolute Gasteiger partial charge is 0.249 e. The fourth-order valence-electron chi connectivity index (χ4n) is 5.96. The standard InChI is InChI=1S/C26H31N3O5/c1-17(2)28-13-7-11-26-21(24(32)29(14-15-30)22(26)25(28)33)20-19(34-26)10-6-12-27(23(20)31)16-18-8-4-3-5-9-18/h3-11,17,19-22,30H,12-16H2,1-2H3/t19-,20+,21-,22?,26-/m0/s1. The van der Waals surface area contributed by atoms with Crippen molar-refractivity contribution in [1.82, 2.24) is 14.7 Å². The van der Waals surface area contributed by atoms with Crippen LogP contribution in [0.5, 0.6) is 0 Å². The summed E-state index contributed by atoms with van der Waals surface area (Å²) in [6.45, 7) is 4.88. The highest BCUT2D eigenvalue weighted by atomic mass is 16.5. The van der Waals surface area contributed by atoms with Gasteiger partial charge in [-0.2, -0.15) is 0 Å². The Morgan fingerprint density at radius 2 is 1.82 bits per heavy atom. The minimum atomic E-state index is -1.24. The van der Waals surface area contributed by atoms with Crippen LogP contribution in [0.3, 0.4) is 0 Å². The Morgan fingerprint density at radius 1 is 1.06 bits per heavy atom. The predicted octanol–water partition coefficient (Wildman–Crippen LogP) is 0.965. The molecule has 0 aliphatic carbocycles. The van der Waals surface area contributed by atoms with Crippen LogP contribution < -0.4 is 0 Å². The van der Waals surface area contributed by atoms with E-state index in [-0.39, 0.29) is 36.9 Å². The Balaban J connectivity index is 1.55. The van der Waals surface area contributed by atoms with E-state index in [1.807, 2.05) is 68.5 Å². The van der Waals surface area contributed by atoms with Crippen LogP contribution in [-0.2, 0) is 25.7 Å². The van der Waals surface area contributed by atoms with Crippen LogP contribution in [0.15, 0.2) is 54.6 Å². The van der Waals surface area contributed by atoms with Gasteiger partial charge in [-0.1, -0.05) is 54.6 Å². The largest absolute Gasteiger partial charge is 0.395 e. The number of rotatable bonds is 5. The minimum Gasteiger partial charge on any atom is -0.395 e. The normalized spacial score (nSPS) is 32.7. The molecule has 1 aromatic carbocycles. The third-order valence-corrected chi connectivity index (χ3v) is 7.45. The molecule has 1 unspecified atom stereocenters. The summed E-state index contributed by atoms with van der Waals surface area (Å²) in [4.78, 5) is 46.3. The average Bonchev–Trinajstić information content (AvgIpc) is 3.12. The number of likely N-dealkylation sites (tertiary alicyclic amines) is 1. The van der Waals surface area contributed by atoms with Gasteiger partial charge < -0.3 is 24.5 Å². The van der Waals surface area contributed by atoms with E-state index in [4.69, 9.17) is 4.74 Å². The second-order valence-corrected chi connectivity index (χ2v) is 9.72. The monoisotopic (exact) mass is 465 g/mol. The maximum atomic E-state index is 13.9. The van der Waals surface area contributed by atoms with Gasteiger partial charge in [-0.15, -0.1) is 0 Å². The van der Waals surface area contributed by atoms with Crippen LogP contribution >= 0.6 is 0 Å². The third-order valence-electron chi connectivity index (χ3n) is 7.45. The summed E-state index contributed by atoms with van der Waals surface area (Å²) >= 11 is 0. The van der Waals surface area contributed by atoms with E-state index >= 15 is 0 Å². The van der Waals surface area contributed by atoms with Crippen LogP contribution in [-0.4, -0.2) is 87.6 Å². The zero-order valence-corrected chi connectivity index (χ0v) is 19.5. The van der Waals surface area contributed by atoms with Gasteiger partial charge in [-0.25, -0.2) is 0 Å². The van der Waals surface area contributed by atoms with Crippen molar-refractivity contribution >= 4 is 17.7 Å². The first kappa shape index (κ1) is 22.8. The summed E-state index contributed by atoms with van der Waals surface area (Å²) in [6, 6.07) is 8.77. The van der Waals surface area contributed by atoms with Gasteiger partial charge in [0.05, 0.1) is 24.5 Å². The number of ether oxygens (including phenoxy) is 1. The number of hydrogen-bond donors (Lipinski definition) is 1. The number of amides is 3. The molecule has 2 saturated heterocycles. The van der Waals surface area contributed by atoms with Crippen LogP contribution in [0.1, 0.15) is 19.4 Å². The molecule has 5 rings (SSSR count). The van der Waals surface area contributed by atoms with Crippen molar-refractivity contribution in [1.29, 1.82) is 0 Å². The number of aliphatic hydroxyl groups is 1. The van der Waals surface area contributed by atoms with Gasteiger partial charge in [-0.05, 0) is 19.4 Å². The minimum absolute atomic E-state index is 0.0196. The lowest BCUT2D eigenvalue weighted by molar-refractivity contribution is -0.149. The Labute approximate surface area is 199 Å². The lowest BCUT2D eigenvalue weighted by atomic mass is 9.77.